The largest absolute Gasteiger partial charge is 0.392 e. The smallest absolute Gasteiger partial charge is 0.182 e. The molecule has 0 aliphatic rings. The van der Waals surface area contributed by atoms with Gasteiger partial charge in [-0.1, -0.05) is 6.07 Å². The Morgan fingerprint density at radius 3 is 2.50 bits per heavy atom. The number of aliphatic hydroxyl groups is 1. The molecule has 0 aliphatic carbocycles. The molecule has 1 rings (SSSR count). The summed E-state index contributed by atoms with van der Waals surface area (Å²) < 4.78 is 27.0. The van der Waals surface area contributed by atoms with Crippen LogP contribution in [0.2, 0.25) is 0 Å². The molecule has 3 N–H and O–H groups in total. The third-order valence-electron chi connectivity index (χ3n) is 2.31. The summed E-state index contributed by atoms with van der Waals surface area (Å²) >= 11 is 0. The second-order valence-electron chi connectivity index (χ2n) is 3.81. The maximum Gasteiger partial charge on any atom is 0.182 e. The molecule has 90 valence electrons. The lowest BCUT2D eigenvalue weighted by Gasteiger charge is -2.22. The van der Waals surface area contributed by atoms with Gasteiger partial charge in [0.25, 0.3) is 0 Å². The summed E-state index contributed by atoms with van der Waals surface area (Å²) in [6, 6.07) is 2.91. The highest BCUT2D eigenvalue weighted by molar-refractivity contribution is 5.49. The van der Waals surface area contributed by atoms with Crippen LogP contribution in [-0.4, -0.2) is 24.8 Å². The van der Waals surface area contributed by atoms with Gasteiger partial charge in [-0.2, -0.15) is 0 Å². The molecular weight excluding hydrogens is 214 g/mol. The van der Waals surface area contributed by atoms with E-state index in [-0.39, 0.29) is 24.3 Å². The Balaban J connectivity index is 3.02. The summed E-state index contributed by atoms with van der Waals surface area (Å²) in [5.74, 6) is -1.84. The zero-order chi connectivity index (χ0) is 12.3. The van der Waals surface area contributed by atoms with Crippen molar-refractivity contribution in [3.05, 3.63) is 29.3 Å². The topological polar surface area (TPSA) is 49.5 Å². The lowest BCUT2D eigenvalue weighted by Crippen LogP contribution is -2.28. The van der Waals surface area contributed by atoms with E-state index in [2.05, 4.69) is 0 Å². The molecule has 0 aromatic heterocycles. The average molecular weight is 230 g/mol. The summed E-state index contributed by atoms with van der Waals surface area (Å²) in [7, 11) is 1.59. The molecule has 0 saturated heterocycles. The Kier molecular flexibility index (Phi) is 4.20. The fourth-order valence-corrected chi connectivity index (χ4v) is 1.53. The van der Waals surface area contributed by atoms with Gasteiger partial charge >= 0.3 is 0 Å². The van der Waals surface area contributed by atoms with E-state index < -0.39 is 17.7 Å². The molecular formula is C11H16F2N2O. The van der Waals surface area contributed by atoms with Gasteiger partial charge in [0.15, 0.2) is 11.6 Å². The predicted octanol–water partition coefficient (Wildman–Crippen LogP) is 1.24. The van der Waals surface area contributed by atoms with Crippen molar-refractivity contribution in [1.82, 2.24) is 0 Å². The van der Waals surface area contributed by atoms with Gasteiger partial charge in [0, 0.05) is 25.7 Å². The number of likely N-dealkylation sites (N-methyl/N-ethyl adjacent to an activating group) is 1. The quantitative estimate of drug-likeness (QED) is 0.818. The third-order valence-corrected chi connectivity index (χ3v) is 2.31. The molecule has 1 unspecified atom stereocenters. The first-order valence-corrected chi connectivity index (χ1v) is 5.03. The highest BCUT2D eigenvalue weighted by Gasteiger charge is 2.16. The number of hydrogen-bond donors (Lipinski definition) is 2. The number of halogens is 2. The summed E-state index contributed by atoms with van der Waals surface area (Å²) in [4.78, 5) is 1.46. The zero-order valence-corrected chi connectivity index (χ0v) is 9.37. The molecule has 0 spiro atoms. The molecule has 1 aromatic rings. The van der Waals surface area contributed by atoms with Crippen LogP contribution in [0, 0.1) is 11.6 Å². The molecule has 5 heteroatoms. The van der Waals surface area contributed by atoms with E-state index in [0.717, 1.165) is 0 Å². The van der Waals surface area contributed by atoms with Crippen molar-refractivity contribution >= 4 is 5.69 Å². The van der Waals surface area contributed by atoms with Crippen LogP contribution >= 0.6 is 0 Å². The number of nitrogens with zero attached hydrogens (tertiary/aromatic N) is 1. The normalized spacial score (nSPS) is 12.6. The van der Waals surface area contributed by atoms with Crippen LogP contribution in [0.5, 0.6) is 0 Å². The number of rotatable bonds is 4. The van der Waals surface area contributed by atoms with Crippen molar-refractivity contribution in [2.75, 3.05) is 18.5 Å². The fourth-order valence-electron chi connectivity index (χ4n) is 1.53. The number of aliphatic hydroxyl groups excluding tert-OH is 1. The lowest BCUT2D eigenvalue weighted by atomic mass is 10.1. The van der Waals surface area contributed by atoms with Gasteiger partial charge < -0.3 is 15.7 Å². The van der Waals surface area contributed by atoms with E-state index in [4.69, 9.17) is 10.8 Å². The Morgan fingerprint density at radius 1 is 1.38 bits per heavy atom. The van der Waals surface area contributed by atoms with Crippen LogP contribution in [0.3, 0.4) is 0 Å². The summed E-state index contributed by atoms with van der Waals surface area (Å²) in [6.07, 6.45) is -0.610. The molecule has 0 saturated carbocycles. The van der Waals surface area contributed by atoms with Crippen LogP contribution in [-0.2, 0) is 6.54 Å². The van der Waals surface area contributed by atoms with Crippen molar-refractivity contribution in [2.24, 2.45) is 5.73 Å². The first-order chi connectivity index (χ1) is 7.47. The SMILES string of the molecule is CC(O)CN(C)c1ccc(CN)c(F)c1F. The van der Waals surface area contributed by atoms with E-state index in [1.54, 1.807) is 14.0 Å². The van der Waals surface area contributed by atoms with Gasteiger partial charge in [0.1, 0.15) is 0 Å². The Bertz CT molecular complexity index is 369. The summed E-state index contributed by atoms with van der Waals surface area (Å²) in [6.45, 7) is 1.78. The molecule has 0 bridgehead atoms. The number of nitrogens with two attached hydrogens (primary N) is 1. The minimum Gasteiger partial charge on any atom is -0.392 e. The van der Waals surface area contributed by atoms with E-state index in [0.29, 0.717) is 0 Å². The second-order valence-corrected chi connectivity index (χ2v) is 3.81. The van der Waals surface area contributed by atoms with Gasteiger partial charge in [-0.25, -0.2) is 8.78 Å². The van der Waals surface area contributed by atoms with E-state index in [1.807, 2.05) is 0 Å². The minimum absolute atomic E-state index is 0.0385. The summed E-state index contributed by atoms with van der Waals surface area (Å²) in [5.41, 5.74) is 5.53. The predicted molar refractivity (Wildman–Crippen MR) is 59.2 cm³/mol. The molecule has 1 aromatic carbocycles. The molecule has 16 heavy (non-hydrogen) atoms. The standard InChI is InChI=1S/C11H16F2N2O/c1-7(16)6-15(2)9-4-3-8(5-14)10(12)11(9)13/h3-4,7,16H,5-6,14H2,1-2H3. The van der Waals surface area contributed by atoms with Crippen molar-refractivity contribution in [1.29, 1.82) is 0 Å². The van der Waals surface area contributed by atoms with Crippen LogP contribution in [0.25, 0.3) is 0 Å². The van der Waals surface area contributed by atoms with Crippen LogP contribution in [0.15, 0.2) is 12.1 Å². The molecule has 0 amide bonds. The van der Waals surface area contributed by atoms with Gasteiger partial charge in [-0.05, 0) is 13.0 Å². The number of hydrogen-bond acceptors (Lipinski definition) is 3. The van der Waals surface area contributed by atoms with Crippen LogP contribution < -0.4 is 10.6 Å². The molecule has 0 radical (unpaired) electrons. The summed E-state index contributed by atoms with van der Waals surface area (Å²) in [5, 5.41) is 9.17. The Morgan fingerprint density at radius 2 is 2.00 bits per heavy atom. The molecule has 0 aliphatic heterocycles. The molecule has 1 atom stereocenters. The molecule has 0 heterocycles. The van der Waals surface area contributed by atoms with E-state index in [9.17, 15) is 8.78 Å². The Hall–Kier alpha value is -1.20. The maximum atomic E-state index is 13.6. The highest BCUT2D eigenvalue weighted by Crippen LogP contribution is 2.23. The van der Waals surface area contributed by atoms with E-state index in [1.165, 1.54) is 17.0 Å². The van der Waals surface area contributed by atoms with Gasteiger partial charge in [-0.3, -0.25) is 0 Å². The number of benzene rings is 1. The third kappa shape index (κ3) is 2.68. The molecule has 3 nitrogen and oxygen atoms in total. The van der Waals surface area contributed by atoms with Gasteiger partial charge in [0.05, 0.1) is 11.8 Å². The highest BCUT2D eigenvalue weighted by atomic mass is 19.2. The Labute approximate surface area is 93.5 Å². The van der Waals surface area contributed by atoms with Crippen LogP contribution in [0.4, 0.5) is 14.5 Å². The fraction of sp³-hybridized carbons (Fsp3) is 0.455. The van der Waals surface area contributed by atoms with Crippen molar-refractivity contribution in [3.8, 4) is 0 Å². The first kappa shape index (κ1) is 12.9. The minimum atomic E-state index is -0.925. The maximum absolute atomic E-state index is 13.6. The van der Waals surface area contributed by atoms with Gasteiger partial charge in [0.2, 0.25) is 0 Å². The van der Waals surface area contributed by atoms with Crippen molar-refractivity contribution in [3.63, 3.8) is 0 Å². The van der Waals surface area contributed by atoms with E-state index >= 15 is 0 Å². The first-order valence-electron chi connectivity index (χ1n) is 5.03. The van der Waals surface area contributed by atoms with Crippen LogP contribution in [0.1, 0.15) is 12.5 Å². The van der Waals surface area contributed by atoms with Crippen molar-refractivity contribution < 1.29 is 13.9 Å². The lowest BCUT2D eigenvalue weighted by molar-refractivity contribution is 0.201. The second kappa shape index (κ2) is 5.23. The number of anilines is 1. The molecule has 0 fully saturated rings. The van der Waals surface area contributed by atoms with Crippen molar-refractivity contribution in [2.45, 2.75) is 19.6 Å². The van der Waals surface area contributed by atoms with Gasteiger partial charge in [-0.15, -0.1) is 0 Å². The monoisotopic (exact) mass is 230 g/mol. The zero-order valence-electron chi connectivity index (χ0n) is 9.37. The average Bonchev–Trinajstić information content (AvgIpc) is 2.20.